The number of aliphatic hydroxyl groups excluding tert-OH is 3. The average Bonchev–Trinajstić information content (AvgIpc) is 4.20. The number of ether oxygens (including phenoxy) is 5. The predicted molar refractivity (Wildman–Crippen MR) is 288 cm³/mol. The van der Waals surface area contributed by atoms with Gasteiger partial charge in [0.2, 0.25) is 29.9 Å². The van der Waals surface area contributed by atoms with Crippen molar-refractivity contribution in [1.82, 2.24) is 25.3 Å². The zero-order valence-corrected chi connectivity index (χ0v) is 47.5. The second-order valence-corrected chi connectivity index (χ2v) is 21.5. The Morgan fingerprint density at radius 1 is 0.850 bits per heavy atom. The van der Waals surface area contributed by atoms with Crippen LogP contribution in [0, 0.1) is 23.7 Å². The second kappa shape index (κ2) is 28.8. The first-order chi connectivity index (χ1) is 37.8. The van der Waals surface area contributed by atoms with Crippen LogP contribution < -0.4 is 21.1 Å². The molecule has 3 aromatic rings. The third kappa shape index (κ3) is 15.1. The van der Waals surface area contributed by atoms with Crippen LogP contribution in [0.15, 0.2) is 52.9 Å². The maximum absolute atomic E-state index is 14.8. The normalized spacial score (nSPS) is 22.3. The van der Waals surface area contributed by atoms with Gasteiger partial charge in [0.1, 0.15) is 60.1 Å². The molecule has 3 heterocycles. The van der Waals surface area contributed by atoms with E-state index in [9.17, 15) is 59.1 Å². The Hall–Kier alpha value is -6.41. The molecule has 2 saturated heterocycles. The Kier molecular flexibility index (Phi) is 23.2. The Bertz CT molecular complexity index is 2600. The number of fused-ring (bicyclic) bond motifs is 1. The monoisotopic (exact) mass is 1130 g/mol. The molecule has 444 valence electrons. The number of nitrogens with zero attached hydrogens (tertiary/aromatic N) is 3. The highest BCUT2D eigenvalue weighted by molar-refractivity contribution is 5.92. The smallest absolute Gasteiger partial charge is 0.410 e. The number of likely N-dealkylation sites (tertiary alicyclic amines) is 1. The number of benzene rings is 2. The summed E-state index contributed by atoms with van der Waals surface area (Å²) in [5.74, 6) is -6.40. The van der Waals surface area contributed by atoms with E-state index in [4.69, 9.17) is 33.8 Å². The Morgan fingerprint density at radius 3 is 2.10 bits per heavy atom. The molecule has 2 aliphatic heterocycles. The minimum Gasteiger partial charge on any atom is -0.480 e. The van der Waals surface area contributed by atoms with Gasteiger partial charge in [0.25, 0.3) is 0 Å². The number of aliphatic hydroxyl groups is 3. The summed E-state index contributed by atoms with van der Waals surface area (Å²) in [6.07, 6.45) is -10.2. The van der Waals surface area contributed by atoms with Gasteiger partial charge in [-0.3, -0.25) is 24.1 Å². The highest BCUT2D eigenvalue weighted by Gasteiger charge is 2.49. The molecule has 0 saturated carbocycles. The molecule has 5 amide bonds. The van der Waals surface area contributed by atoms with Crippen LogP contribution in [0.5, 0.6) is 5.75 Å². The largest absolute Gasteiger partial charge is 0.480 e. The van der Waals surface area contributed by atoms with E-state index in [1.807, 2.05) is 19.9 Å². The van der Waals surface area contributed by atoms with E-state index < -0.39 is 127 Å². The number of hydrogen-bond acceptors (Lipinski definition) is 17. The van der Waals surface area contributed by atoms with Gasteiger partial charge < -0.3 is 79.8 Å². The van der Waals surface area contributed by atoms with Crippen LogP contribution in [0.1, 0.15) is 91.0 Å². The zero-order chi connectivity index (χ0) is 59.4. The lowest BCUT2D eigenvalue weighted by molar-refractivity contribution is -0.270. The number of carboxylic acids is 2. The van der Waals surface area contributed by atoms with Crippen LogP contribution in [0.2, 0.25) is 0 Å². The van der Waals surface area contributed by atoms with Crippen molar-refractivity contribution in [3.8, 4) is 5.75 Å². The first-order valence-electron chi connectivity index (χ1n) is 27.0. The minimum atomic E-state index is -1.94. The number of carboxylic acid groups (broad SMARTS) is 2. The van der Waals surface area contributed by atoms with Gasteiger partial charge >= 0.3 is 18.0 Å². The van der Waals surface area contributed by atoms with Crippen LogP contribution in [0.25, 0.3) is 11.0 Å². The van der Waals surface area contributed by atoms with Crippen LogP contribution in [0.3, 0.4) is 0 Å². The second-order valence-electron chi connectivity index (χ2n) is 21.5. The van der Waals surface area contributed by atoms with Crippen LogP contribution in [0.4, 0.5) is 4.79 Å². The number of carbonyl (C=O) groups is 7. The van der Waals surface area contributed by atoms with Crippen molar-refractivity contribution in [2.45, 2.75) is 167 Å². The van der Waals surface area contributed by atoms with Crippen molar-refractivity contribution < 1.29 is 87.2 Å². The summed E-state index contributed by atoms with van der Waals surface area (Å²) >= 11 is 0. The number of methoxy groups -OCH3 is 2. The molecule has 0 bridgehead atoms. The Morgan fingerprint density at radius 2 is 1.52 bits per heavy atom. The quantitative estimate of drug-likeness (QED) is 0.0544. The predicted octanol–water partition coefficient (Wildman–Crippen LogP) is 2.63. The van der Waals surface area contributed by atoms with Gasteiger partial charge in [-0.2, -0.15) is 0 Å². The molecule has 8 unspecified atom stereocenters. The fourth-order valence-electron chi connectivity index (χ4n) is 10.7. The van der Waals surface area contributed by atoms with Gasteiger partial charge in [-0.1, -0.05) is 85.2 Å². The number of carbonyl (C=O) groups excluding carboxylic acids is 5. The number of hydrogen-bond donors (Lipinski definition) is 8. The van der Waals surface area contributed by atoms with Crippen LogP contribution in [-0.2, 0) is 67.3 Å². The molecule has 1 aromatic heterocycles. The summed E-state index contributed by atoms with van der Waals surface area (Å²) in [5.41, 5.74) is 7.09. The Balaban J connectivity index is 1.27. The molecule has 14 atom stereocenters. The molecular formula is C56H82N6O18. The van der Waals surface area contributed by atoms with Crippen molar-refractivity contribution in [2.24, 2.45) is 29.4 Å². The highest BCUT2D eigenvalue weighted by atomic mass is 16.7. The number of likely N-dealkylation sites (N-methyl/N-ethyl adjacent to an activating group) is 2. The van der Waals surface area contributed by atoms with Gasteiger partial charge in [-0.15, -0.1) is 0 Å². The van der Waals surface area contributed by atoms with Crippen molar-refractivity contribution in [1.29, 1.82) is 0 Å². The summed E-state index contributed by atoms with van der Waals surface area (Å²) < 4.78 is 34.7. The lowest BCUT2D eigenvalue weighted by Crippen LogP contribution is -2.61. The van der Waals surface area contributed by atoms with E-state index in [0.29, 0.717) is 31.4 Å². The fraction of sp³-hybridized carbons (Fsp3) is 0.625. The summed E-state index contributed by atoms with van der Waals surface area (Å²) in [6, 6.07) is 8.74. The van der Waals surface area contributed by atoms with Gasteiger partial charge in [0.15, 0.2) is 6.10 Å². The molecule has 2 aromatic carbocycles. The van der Waals surface area contributed by atoms with Crippen molar-refractivity contribution in [2.75, 3.05) is 34.9 Å². The number of nitrogens with one attached hydrogen (secondary N) is 2. The molecule has 80 heavy (non-hydrogen) atoms. The lowest BCUT2D eigenvalue weighted by Gasteiger charge is -2.41. The number of aliphatic carboxylic acids is 2. The topological polar surface area (TPSA) is 340 Å². The van der Waals surface area contributed by atoms with E-state index in [2.05, 4.69) is 10.6 Å². The molecule has 24 heteroatoms. The van der Waals surface area contributed by atoms with Crippen LogP contribution >= 0.6 is 0 Å². The SMILES string of the molecule is CCC(C)C(C(CC(=O)N1CCCC1C(OC)C(C)C(=O)NC(Cc1ccccc1)C(=O)O)OC)N(C)C(=O)[C@@H](NC(=O)C(C(C)C)N(C)C(=O)OCc1ccc(O[C@@H]2O[C@H](C(=O)O)[C@@H](O)[C@H](O)[C@H]2O)c2cc(CN)oc12)C(C)C. The molecule has 2 fully saturated rings. The average molecular weight is 1130 g/mol. The first kappa shape index (κ1) is 64.4. The summed E-state index contributed by atoms with van der Waals surface area (Å²) in [4.78, 5) is 99.3. The molecule has 9 N–H and O–H groups in total. The van der Waals surface area contributed by atoms with Gasteiger partial charge in [0, 0.05) is 46.8 Å². The van der Waals surface area contributed by atoms with E-state index in [1.54, 1.807) is 70.8 Å². The van der Waals surface area contributed by atoms with Crippen molar-refractivity contribution in [3.05, 3.63) is 65.4 Å². The molecule has 0 aliphatic carbocycles. The molecule has 2 aliphatic rings. The maximum Gasteiger partial charge on any atom is 0.410 e. The molecule has 0 radical (unpaired) electrons. The molecule has 24 nitrogen and oxygen atoms in total. The zero-order valence-electron chi connectivity index (χ0n) is 47.5. The van der Waals surface area contributed by atoms with Gasteiger partial charge in [-0.25, -0.2) is 14.4 Å². The lowest BCUT2D eigenvalue weighted by atomic mass is 9.89. The van der Waals surface area contributed by atoms with E-state index in [0.717, 1.165) is 10.5 Å². The number of amides is 5. The molecule has 5 rings (SSSR count). The third-order valence-electron chi connectivity index (χ3n) is 15.4. The minimum absolute atomic E-state index is 0.0157. The van der Waals surface area contributed by atoms with Crippen LogP contribution in [-0.4, -0.2) is 190 Å². The van der Waals surface area contributed by atoms with Gasteiger partial charge in [-0.05, 0) is 54.4 Å². The fourth-order valence-corrected chi connectivity index (χ4v) is 10.7. The summed E-state index contributed by atoms with van der Waals surface area (Å²) in [7, 11) is 5.91. The first-order valence-corrected chi connectivity index (χ1v) is 27.0. The molecular weight excluding hydrogens is 1040 g/mol. The van der Waals surface area contributed by atoms with Crippen molar-refractivity contribution >= 4 is 52.6 Å². The number of nitrogens with two attached hydrogens (primary N) is 1. The summed E-state index contributed by atoms with van der Waals surface area (Å²) in [5, 5.41) is 56.4. The van der Waals surface area contributed by atoms with E-state index >= 15 is 0 Å². The van der Waals surface area contributed by atoms with Crippen molar-refractivity contribution in [3.63, 3.8) is 0 Å². The standard InChI is InChI=1S/C56H82N6O18/c1-12-30(6)43(39(75-10)25-40(63)62-22-16-19-37(62)47(76-11)31(7)50(67)58-36(53(70)71)23-32-17-14-13-15-18-32)60(8)52(69)41(28(2)3)59-51(68)42(29(4)5)61(9)56(74)77-27-33-20-21-38(35-24-34(26-57)78-48(33)35)79-55-46(66)44(64)45(65)49(80-55)54(72)73/h13-15,17-18,20-21,24,28-31,36-37,39,41-47,49,55,64-66H,12,16,19,22-23,25-27,57H2,1-11H3,(H,58,67)(H,59,68)(H,70,71)(H,72,73)/t30?,31?,36?,37?,39?,41-,42?,43?,44-,45-,46+,47?,49-,55+/m0/s1. The maximum atomic E-state index is 14.8. The Labute approximate surface area is 466 Å². The summed E-state index contributed by atoms with van der Waals surface area (Å²) in [6.45, 7) is 12.5. The third-order valence-corrected chi connectivity index (χ3v) is 15.4. The van der Waals surface area contributed by atoms with E-state index in [-0.39, 0.29) is 60.3 Å². The molecule has 0 spiro atoms. The van der Waals surface area contributed by atoms with E-state index in [1.165, 1.54) is 44.4 Å². The van der Waals surface area contributed by atoms with Gasteiger partial charge in [0.05, 0.1) is 48.6 Å². The highest BCUT2D eigenvalue weighted by Crippen LogP contribution is 2.36. The number of rotatable bonds is 27. The number of furan rings is 1.